The number of hydrogen-bond acceptors (Lipinski definition) is 0. The normalized spacial score (nSPS) is 10.8. The summed E-state index contributed by atoms with van der Waals surface area (Å²) in [5.74, 6) is 0. The molecule has 0 atom stereocenters. The quantitative estimate of drug-likeness (QED) is 0.388. The zero-order chi connectivity index (χ0) is 16.1. The van der Waals surface area contributed by atoms with Crippen LogP contribution in [0.4, 0.5) is 0 Å². The minimum absolute atomic E-state index is 1.32. The Bertz CT molecular complexity index is 717. The number of hydrogen-bond donors (Lipinski definition) is 0. The van der Waals surface area contributed by atoms with Crippen molar-refractivity contribution < 1.29 is 0 Å². The molecule has 0 aromatic heterocycles. The third kappa shape index (κ3) is 2.85. The summed E-state index contributed by atoms with van der Waals surface area (Å²) in [6, 6.07) is 32.8. The number of benzene rings is 3. The summed E-state index contributed by atoms with van der Waals surface area (Å²) in [6.45, 7) is 6.21. The number of rotatable bonds is 4. The molecule has 112 valence electrons. The second-order valence-corrected chi connectivity index (χ2v) is 21.1. The molecule has 3 aromatic carbocycles. The van der Waals surface area contributed by atoms with E-state index >= 15 is 0 Å². The first-order valence-corrected chi connectivity index (χ1v) is 15.6. The molecule has 0 spiro atoms. The molecular formula is C22H20Pb. The molecule has 0 unspecified atom stereocenters. The van der Waals surface area contributed by atoms with Gasteiger partial charge in [-0.3, -0.25) is 0 Å². The van der Waals surface area contributed by atoms with Gasteiger partial charge < -0.3 is 0 Å². The monoisotopic (exact) mass is 492 g/mol. The van der Waals surface area contributed by atoms with Crippen LogP contribution in [0.3, 0.4) is 0 Å². The van der Waals surface area contributed by atoms with Crippen LogP contribution in [0.15, 0.2) is 106 Å². The van der Waals surface area contributed by atoms with Crippen LogP contribution in [0.1, 0.15) is 6.92 Å². The van der Waals surface area contributed by atoms with Crippen LogP contribution < -0.4 is 9.37 Å². The predicted molar refractivity (Wildman–Crippen MR) is 102 cm³/mol. The SMILES string of the molecule is C=C=[C](C)[Pb]([c]1ccccc1)([c]1ccccc1)[c]1ccccc1. The van der Waals surface area contributed by atoms with Crippen LogP contribution in [-0.4, -0.2) is 21.2 Å². The fourth-order valence-electron chi connectivity index (χ4n) is 3.35. The summed E-state index contributed by atoms with van der Waals surface area (Å²) in [4.78, 5) is 0. The van der Waals surface area contributed by atoms with Crippen molar-refractivity contribution in [1.29, 1.82) is 0 Å². The summed E-state index contributed by atoms with van der Waals surface area (Å²) in [5, 5.41) is 0. The van der Waals surface area contributed by atoms with Gasteiger partial charge in [-0.1, -0.05) is 0 Å². The van der Waals surface area contributed by atoms with Crippen LogP contribution in [0.5, 0.6) is 0 Å². The molecule has 0 amide bonds. The van der Waals surface area contributed by atoms with Crippen molar-refractivity contribution in [3.05, 3.63) is 106 Å². The molecule has 1 heteroatoms. The second-order valence-electron chi connectivity index (χ2n) is 5.65. The topological polar surface area (TPSA) is 0 Å². The van der Waals surface area contributed by atoms with Crippen molar-refractivity contribution in [2.45, 2.75) is 6.92 Å². The summed E-state index contributed by atoms with van der Waals surface area (Å²) >= 11 is -3.43. The first kappa shape index (κ1) is 16.0. The number of allylic oxidation sites excluding steroid dienone is 1. The van der Waals surface area contributed by atoms with Crippen molar-refractivity contribution in [3.63, 3.8) is 0 Å². The van der Waals surface area contributed by atoms with E-state index in [4.69, 9.17) is 0 Å². The Morgan fingerprint density at radius 2 is 0.957 bits per heavy atom. The second kappa shape index (κ2) is 7.12. The van der Waals surface area contributed by atoms with E-state index in [1.54, 1.807) is 0 Å². The molecule has 0 radical (unpaired) electrons. The Morgan fingerprint density at radius 3 is 1.22 bits per heavy atom. The molecule has 0 aliphatic heterocycles. The van der Waals surface area contributed by atoms with Crippen LogP contribution in [0.2, 0.25) is 0 Å². The van der Waals surface area contributed by atoms with Crippen molar-refractivity contribution in [2.75, 3.05) is 0 Å². The fraction of sp³-hybridized carbons (Fsp3) is 0.0455. The Kier molecular flexibility index (Phi) is 4.94. The third-order valence-electron chi connectivity index (χ3n) is 4.45. The molecule has 0 fully saturated rings. The van der Waals surface area contributed by atoms with Gasteiger partial charge in [-0.05, 0) is 0 Å². The van der Waals surface area contributed by atoms with Gasteiger partial charge in [-0.25, -0.2) is 0 Å². The van der Waals surface area contributed by atoms with Crippen molar-refractivity contribution in [1.82, 2.24) is 0 Å². The van der Waals surface area contributed by atoms with Gasteiger partial charge in [0.15, 0.2) is 0 Å². The Labute approximate surface area is 143 Å². The molecular weight excluding hydrogens is 471 g/mol. The Balaban J connectivity index is 2.43. The first-order valence-electron chi connectivity index (χ1n) is 7.84. The Hall–Kier alpha value is -1.90. The fourth-order valence-corrected chi connectivity index (χ4v) is 21.4. The van der Waals surface area contributed by atoms with Crippen molar-refractivity contribution in [2.24, 2.45) is 0 Å². The van der Waals surface area contributed by atoms with E-state index < -0.39 is 21.2 Å². The maximum absolute atomic E-state index is 4.00. The third-order valence-corrected chi connectivity index (χ3v) is 23.5. The first-order chi connectivity index (χ1) is 11.3. The van der Waals surface area contributed by atoms with Gasteiger partial charge in [0, 0.05) is 0 Å². The predicted octanol–water partition coefficient (Wildman–Crippen LogP) is 3.43. The van der Waals surface area contributed by atoms with E-state index in [0.717, 1.165) is 0 Å². The van der Waals surface area contributed by atoms with Crippen molar-refractivity contribution in [3.8, 4) is 0 Å². The standard InChI is InChI=1S/3C6H5.C4H5.Pb/c3*1-2-4-6-5-3-1;1-3-4-2;/h3*1-5H;1H2,2H3;. The van der Waals surface area contributed by atoms with Gasteiger partial charge in [-0.2, -0.15) is 0 Å². The zero-order valence-corrected chi connectivity index (χ0v) is 17.3. The molecule has 0 heterocycles. The van der Waals surface area contributed by atoms with Crippen molar-refractivity contribution >= 4 is 30.5 Å². The van der Waals surface area contributed by atoms with Crippen LogP contribution in [0.25, 0.3) is 0 Å². The van der Waals surface area contributed by atoms with Crippen LogP contribution in [-0.2, 0) is 0 Å². The Morgan fingerprint density at radius 1 is 0.652 bits per heavy atom. The van der Waals surface area contributed by atoms with E-state index in [2.05, 4.69) is 110 Å². The molecule has 0 saturated carbocycles. The molecule has 0 N–H and O–H groups in total. The molecule has 0 bridgehead atoms. The maximum atomic E-state index is 4.00. The van der Waals surface area contributed by atoms with Crippen LogP contribution in [0, 0.1) is 0 Å². The molecule has 0 aliphatic rings. The molecule has 0 nitrogen and oxygen atoms in total. The average molecular weight is 492 g/mol. The molecule has 0 aliphatic carbocycles. The van der Waals surface area contributed by atoms with Crippen LogP contribution >= 0.6 is 0 Å². The van der Waals surface area contributed by atoms with Gasteiger partial charge in [-0.15, -0.1) is 0 Å². The van der Waals surface area contributed by atoms with E-state index in [0.29, 0.717) is 0 Å². The molecule has 23 heavy (non-hydrogen) atoms. The summed E-state index contributed by atoms with van der Waals surface area (Å²) in [7, 11) is 0. The van der Waals surface area contributed by atoms with E-state index in [9.17, 15) is 0 Å². The van der Waals surface area contributed by atoms with Gasteiger partial charge in [0.05, 0.1) is 0 Å². The average Bonchev–Trinajstić information content (AvgIpc) is 2.65. The van der Waals surface area contributed by atoms with E-state index in [1.165, 1.54) is 12.5 Å². The van der Waals surface area contributed by atoms with E-state index in [-0.39, 0.29) is 0 Å². The van der Waals surface area contributed by atoms with Gasteiger partial charge >= 0.3 is 144 Å². The van der Waals surface area contributed by atoms with E-state index in [1.807, 2.05) is 0 Å². The molecule has 3 rings (SSSR count). The summed E-state index contributed by atoms with van der Waals surface area (Å²) < 4.78 is 5.67. The van der Waals surface area contributed by atoms with Gasteiger partial charge in [0.2, 0.25) is 0 Å². The minimum atomic E-state index is -3.43. The zero-order valence-electron chi connectivity index (χ0n) is 13.4. The summed E-state index contributed by atoms with van der Waals surface area (Å²) in [6.07, 6.45) is 0. The molecule has 0 saturated heterocycles. The summed E-state index contributed by atoms with van der Waals surface area (Å²) in [5.41, 5.74) is 3.27. The van der Waals surface area contributed by atoms with Gasteiger partial charge in [0.1, 0.15) is 0 Å². The molecule has 3 aromatic rings. The van der Waals surface area contributed by atoms with Gasteiger partial charge in [0.25, 0.3) is 0 Å².